The van der Waals surface area contributed by atoms with Crippen LogP contribution in [0.1, 0.15) is 44.7 Å². The van der Waals surface area contributed by atoms with Crippen molar-refractivity contribution < 1.29 is 22.1 Å². The van der Waals surface area contributed by atoms with Crippen LogP contribution in [0.4, 0.5) is 0 Å². The maximum atomic E-state index is 12.7. The summed E-state index contributed by atoms with van der Waals surface area (Å²) in [6.07, 6.45) is 0.369. The van der Waals surface area contributed by atoms with Gasteiger partial charge < -0.3 is 4.74 Å². The summed E-state index contributed by atoms with van der Waals surface area (Å²) < 4.78 is 36.0. The summed E-state index contributed by atoms with van der Waals surface area (Å²) in [5.74, 6) is -0.670. The molecule has 0 amide bonds. The van der Waals surface area contributed by atoms with Crippen molar-refractivity contribution in [3.05, 3.63) is 65.7 Å². The summed E-state index contributed by atoms with van der Waals surface area (Å²) in [6.45, 7) is 7.01. The van der Waals surface area contributed by atoms with Crippen molar-refractivity contribution in [1.29, 1.82) is 0 Å². The van der Waals surface area contributed by atoms with Gasteiger partial charge in [0.1, 0.15) is 5.60 Å². The average Bonchev–Trinajstić information content (AvgIpc) is 2.60. The molecule has 0 saturated carbocycles. The molecule has 0 heterocycles. The lowest BCUT2D eigenvalue weighted by atomic mass is 10.1. The quantitative estimate of drug-likeness (QED) is 0.481. The molecule has 0 N–H and O–H groups in total. The number of carbonyl (C=O) groups is 1. The maximum absolute atomic E-state index is 12.7. The molecule has 0 bridgehead atoms. The lowest BCUT2D eigenvalue weighted by Gasteiger charge is -2.24. The first-order valence-corrected chi connectivity index (χ1v) is 10.7. The molecule has 0 fully saturated rings. The Morgan fingerprint density at radius 3 is 2.32 bits per heavy atom. The Hall–Kier alpha value is -2.18. The Labute approximate surface area is 167 Å². The molecule has 6 heteroatoms. The Kier molecular flexibility index (Phi) is 7.38. The third-order valence-electron chi connectivity index (χ3n) is 3.97. The fraction of sp³-hybridized carbons (Fsp3) is 0.409. The first-order valence-electron chi connectivity index (χ1n) is 9.33. The van der Waals surface area contributed by atoms with E-state index in [0.717, 1.165) is 11.1 Å². The van der Waals surface area contributed by atoms with E-state index in [1.165, 1.54) is 12.1 Å². The van der Waals surface area contributed by atoms with Crippen LogP contribution in [0.3, 0.4) is 0 Å². The van der Waals surface area contributed by atoms with Gasteiger partial charge in [0.05, 0.1) is 4.90 Å². The summed E-state index contributed by atoms with van der Waals surface area (Å²) in [4.78, 5) is 12.6. The summed E-state index contributed by atoms with van der Waals surface area (Å²) in [5, 5.41) is 0. The van der Waals surface area contributed by atoms with E-state index in [0.29, 0.717) is 12.8 Å². The van der Waals surface area contributed by atoms with Crippen molar-refractivity contribution in [3.63, 3.8) is 0 Å². The zero-order valence-corrected chi connectivity index (χ0v) is 17.7. The maximum Gasteiger partial charge on any atom is 0.337 e. The SMILES string of the molecule is Cc1cccc(S(=O)(=O)O[C@H](CCCc2ccccc2)C(=O)OC(C)(C)C)c1. The molecule has 0 aliphatic carbocycles. The van der Waals surface area contributed by atoms with Crippen molar-refractivity contribution in [1.82, 2.24) is 0 Å². The zero-order valence-electron chi connectivity index (χ0n) is 16.8. The van der Waals surface area contributed by atoms with Gasteiger partial charge in [-0.15, -0.1) is 0 Å². The molecular formula is C22H28O5S. The Bertz CT molecular complexity index is 883. The third kappa shape index (κ3) is 7.09. The second-order valence-corrected chi connectivity index (χ2v) is 9.34. The van der Waals surface area contributed by atoms with E-state index in [-0.39, 0.29) is 11.3 Å². The molecule has 2 aromatic rings. The minimum absolute atomic E-state index is 0.0316. The zero-order chi connectivity index (χ0) is 20.8. The number of hydrogen-bond acceptors (Lipinski definition) is 5. The molecule has 1 atom stereocenters. The van der Waals surface area contributed by atoms with Gasteiger partial charge in [0.15, 0.2) is 6.10 Å². The minimum Gasteiger partial charge on any atom is -0.458 e. The van der Waals surface area contributed by atoms with Crippen LogP contribution >= 0.6 is 0 Å². The Morgan fingerprint density at radius 2 is 1.71 bits per heavy atom. The topological polar surface area (TPSA) is 69.7 Å². The second-order valence-electron chi connectivity index (χ2n) is 7.77. The van der Waals surface area contributed by atoms with Crippen LogP contribution in [0.2, 0.25) is 0 Å². The number of ether oxygens (including phenoxy) is 1. The molecular weight excluding hydrogens is 376 g/mol. The summed E-state index contributed by atoms with van der Waals surface area (Å²) in [7, 11) is -4.08. The third-order valence-corrected chi connectivity index (χ3v) is 5.28. The van der Waals surface area contributed by atoms with E-state index >= 15 is 0 Å². The molecule has 0 aliphatic rings. The Morgan fingerprint density at radius 1 is 1.04 bits per heavy atom. The van der Waals surface area contributed by atoms with Gasteiger partial charge in [0.2, 0.25) is 0 Å². The number of carbonyl (C=O) groups excluding carboxylic acids is 1. The molecule has 0 saturated heterocycles. The van der Waals surface area contributed by atoms with Crippen LogP contribution in [0.25, 0.3) is 0 Å². The molecule has 5 nitrogen and oxygen atoms in total. The van der Waals surface area contributed by atoms with Gasteiger partial charge >= 0.3 is 5.97 Å². The minimum atomic E-state index is -4.08. The van der Waals surface area contributed by atoms with Gasteiger partial charge in [-0.2, -0.15) is 8.42 Å². The molecule has 0 aromatic heterocycles. The highest BCUT2D eigenvalue weighted by Crippen LogP contribution is 2.21. The normalized spacial score (nSPS) is 13.1. The fourth-order valence-corrected chi connectivity index (χ4v) is 3.86. The van der Waals surface area contributed by atoms with E-state index in [4.69, 9.17) is 8.92 Å². The molecule has 2 rings (SSSR count). The second kappa shape index (κ2) is 9.34. The Balaban J connectivity index is 2.13. The monoisotopic (exact) mass is 404 g/mol. The molecule has 2 aromatic carbocycles. The molecule has 152 valence electrons. The van der Waals surface area contributed by atoms with Gasteiger partial charge in [-0.05, 0) is 70.2 Å². The average molecular weight is 405 g/mol. The summed E-state index contributed by atoms with van der Waals surface area (Å²) in [5.41, 5.74) is 1.18. The van der Waals surface area contributed by atoms with Crippen LogP contribution < -0.4 is 0 Å². The molecule has 0 aliphatic heterocycles. The number of aryl methyl sites for hydroxylation is 2. The number of hydrogen-bond donors (Lipinski definition) is 0. The molecule has 0 radical (unpaired) electrons. The molecule has 28 heavy (non-hydrogen) atoms. The lowest BCUT2D eigenvalue weighted by molar-refractivity contribution is -0.163. The highest BCUT2D eigenvalue weighted by molar-refractivity contribution is 7.86. The fourth-order valence-electron chi connectivity index (χ4n) is 2.69. The van der Waals surface area contributed by atoms with Gasteiger partial charge in [-0.1, -0.05) is 42.5 Å². The van der Waals surface area contributed by atoms with E-state index < -0.39 is 27.8 Å². The number of esters is 1. The van der Waals surface area contributed by atoms with Gasteiger partial charge in [0.25, 0.3) is 10.1 Å². The van der Waals surface area contributed by atoms with Crippen LogP contribution in [-0.4, -0.2) is 26.1 Å². The molecule has 0 spiro atoms. The lowest BCUT2D eigenvalue weighted by Crippen LogP contribution is -2.35. The van der Waals surface area contributed by atoms with Crippen molar-refractivity contribution in [3.8, 4) is 0 Å². The summed E-state index contributed by atoms with van der Waals surface area (Å²) in [6, 6.07) is 16.2. The first kappa shape index (κ1) is 22.1. The standard InChI is InChI=1S/C22H28O5S/c1-17-10-8-14-19(16-17)28(24,25)27-20(21(23)26-22(2,3)4)15-9-13-18-11-6-5-7-12-18/h5-8,10-12,14,16,20H,9,13,15H2,1-4H3/t20-/m1/s1. The first-order chi connectivity index (χ1) is 13.1. The van der Waals surface area contributed by atoms with Crippen LogP contribution in [0, 0.1) is 6.92 Å². The van der Waals surface area contributed by atoms with Crippen LogP contribution in [0.15, 0.2) is 59.5 Å². The predicted octanol–water partition coefficient (Wildman–Crippen LogP) is 4.43. The van der Waals surface area contributed by atoms with Crippen molar-refractivity contribution >= 4 is 16.1 Å². The largest absolute Gasteiger partial charge is 0.458 e. The van der Waals surface area contributed by atoms with Crippen LogP contribution in [0.5, 0.6) is 0 Å². The predicted molar refractivity (Wildman–Crippen MR) is 108 cm³/mol. The van der Waals surface area contributed by atoms with Gasteiger partial charge in [-0.3, -0.25) is 4.18 Å². The van der Waals surface area contributed by atoms with Crippen molar-refractivity contribution in [2.75, 3.05) is 0 Å². The van der Waals surface area contributed by atoms with Gasteiger partial charge in [0, 0.05) is 0 Å². The van der Waals surface area contributed by atoms with Crippen molar-refractivity contribution in [2.24, 2.45) is 0 Å². The number of rotatable bonds is 8. The highest BCUT2D eigenvalue weighted by Gasteiger charge is 2.31. The highest BCUT2D eigenvalue weighted by atomic mass is 32.2. The van der Waals surface area contributed by atoms with Crippen LogP contribution in [-0.2, 0) is 30.3 Å². The smallest absolute Gasteiger partial charge is 0.337 e. The summed E-state index contributed by atoms with van der Waals surface area (Å²) >= 11 is 0. The van der Waals surface area contributed by atoms with E-state index in [1.54, 1.807) is 39.8 Å². The number of benzene rings is 2. The molecule has 0 unspecified atom stereocenters. The van der Waals surface area contributed by atoms with E-state index in [9.17, 15) is 13.2 Å². The van der Waals surface area contributed by atoms with Crippen molar-refractivity contribution in [2.45, 2.75) is 63.6 Å². The van der Waals surface area contributed by atoms with E-state index in [2.05, 4.69) is 0 Å². The van der Waals surface area contributed by atoms with Gasteiger partial charge in [-0.25, -0.2) is 4.79 Å². The van der Waals surface area contributed by atoms with E-state index in [1.807, 2.05) is 30.3 Å².